The predicted molar refractivity (Wildman–Crippen MR) is 42.3 cm³/mol. The Bertz CT molecular complexity index is 391. The van der Waals surface area contributed by atoms with Gasteiger partial charge in [-0.15, -0.1) is 0 Å². The molecule has 2 rings (SSSR count). The van der Waals surface area contributed by atoms with Gasteiger partial charge in [-0.25, -0.2) is 19.3 Å². The van der Waals surface area contributed by atoms with E-state index in [1.54, 1.807) is 0 Å². The summed E-state index contributed by atoms with van der Waals surface area (Å²) in [5.41, 5.74) is 0.441. The van der Waals surface area contributed by atoms with Crippen molar-refractivity contribution in [1.82, 2.24) is 15.0 Å². The van der Waals surface area contributed by atoms with Crippen LogP contribution in [0, 0.1) is 5.82 Å². The number of nitrogens with zero attached hydrogens (tertiary/aromatic N) is 3. The largest absolute Gasteiger partial charge is 0.250 e. The smallest absolute Gasteiger partial charge is 0.169 e. The molecular weight excluding hydrogens is 181 g/mol. The molecule has 3 nitrogen and oxygen atoms in total. The Labute approximate surface area is 72.2 Å². The fourth-order valence-electron chi connectivity index (χ4n) is 0.899. The SMILES string of the molecule is Fc1cnc(Cl)c2nccnc12. The van der Waals surface area contributed by atoms with Gasteiger partial charge in [0.1, 0.15) is 11.0 Å². The first kappa shape index (κ1) is 7.36. The summed E-state index contributed by atoms with van der Waals surface area (Å²) in [6.45, 7) is 0. The third-order valence-electron chi connectivity index (χ3n) is 1.41. The molecule has 0 aliphatic heterocycles. The number of hydrogen-bond acceptors (Lipinski definition) is 3. The molecule has 0 atom stereocenters. The number of halogens is 2. The van der Waals surface area contributed by atoms with E-state index < -0.39 is 5.82 Å². The minimum atomic E-state index is -0.512. The first-order valence-corrected chi connectivity index (χ1v) is 3.57. The highest BCUT2D eigenvalue weighted by atomic mass is 35.5. The summed E-state index contributed by atoms with van der Waals surface area (Å²) in [6.07, 6.45) is 3.87. The molecule has 2 aromatic heterocycles. The lowest BCUT2D eigenvalue weighted by Gasteiger charge is -1.96. The van der Waals surface area contributed by atoms with Crippen molar-refractivity contribution in [2.45, 2.75) is 0 Å². The van der Waals surface area contributed by atoms with Crippen molar-refractivity contribution in [3.8, 4) is 0 Å². The van der Waals surface area contributed by atoms with Gasteiger partial charge in [0.25, 0.3) is 0 Å². The molecule has 2 aromatic rings. The third-order valence-corrected chi connectivity index (χ3v) is 1.69. The Hall–Kier alpha value is -1.29. The summed E-state index contributed by atoms with van der Waals surface area (Å²) in [6, 6.07) is 0. The number of aromatic nitrogens is 3. The van der Waals surface area contributed by atoms with Crippen molar-refractivity contribution in [1.29, 1.82) is 0 Å². The Kier molecular flexibility index (Phi) is 1.62. The summed E-state index contributed by atoms with van der Waals surface area (Å²) >= 11 is 5.65. The molecule has 0 unspecified atom stereocenters. The summed E-state index contributed by atoms with van der Waals surface area (Å²) < 4.78 is 12.9. The van der Waals surface area contributed by atoms with Crippen LogP contribution in [0.2, 0.25) is 5.15 Å². The van der Waals surface area contributed by atoms with Gasteiger partial charge in [-0.1, -0.05) is 11.6 Å². The fourth-order valence-corrected chi connectivity index (χ4v) is 1.09. The second-order valence-corrected chi connectivity index (χ2v) is 2.51. The molecule has 0 aliphatic carbocycles. The normalized spacial score (nSPS) is 10.5. The van der Waals surface area contributed by atoms with Crippen LogP contribution in [-0.2, 0) is 0 Å². The molecule has 2 heterocycles. The Balaban J connectivity index is 2.95. The molecule has 0 saturated heterocycles. The number of hydrogen-bond donors (Lipinski definition) is 0. The van der Waals surface area contributed by atoms with E-state index in [1.807, 2.05) is 0 Å². The van der Waals surface area contributed by atoms with Gasteiger partial charge in [0.15, 0.2) is 11.0 Å². The van der Waals surface area contributed by atoms with Crippen LogP contribution in [0.4, 0.5) is 4.39 Å². The Morgan fingerprint density at radius 2 is 1.75 bits per heavy atom. The molecule has 0 aliphatic rings. The highest BCUT2D eigenvalue weighted by molar-refractivity contribution is 6.33. The molecule has 12 heavy (non-hydrogen) atoms. The van der Waals surface area contributed by atoms with E-state index >= 15 is 0 Å². The molecule has 0 saturated carbocycles. The van der Waals surface area contributed by atoms with Gasteiger partial charge in [-0.2, -0.15) is 0 Å². The summed E-state index contributed by atoms with van der Waals surface area (Å²) in [4.78, 5) is 11.2. The molecule has 0 radical (unpaired) electrons. The summed E-state index contributed by atoms with van der Waals surface area (Å²) in [5, 5.41) is 0.166. The lowest BCUT2D eigenvalue weighted by molar-refractivity contribution is 0.630. The van der Waals surface area contributed by atoms with Crippen LogP contribution in [0.1, 0.15) is 0 Å². The molecule has 0 fully saturated rings. The van der Waals surface area contributed by atoms with E-state index in [4.69, 9.17) is 11.6 Å². The van der Waals surface area contributed by atoms with E-state index in [2.05, 4.69) is 15.0 Å². The van der Waals surface area contributed by atoms with Gasteiger partial charge in [0.05, 0.1) is 6.20 Å². The minimum absolute atomic E-state index is 0.150. The van der Waals surface area contributed by atoms with Crippen molar-refractivity contribution in [3.63, 3.8) is 0 Å². The number of rotatable bonds is 0. The van der Waals surface area contributed by atoms with Gasteiger partial charge in [-0.3, -0.25) is 0 Å². The summed E-state index contributed by atoms with van der Waals surface area (Å²) in [5.74, 6) is -0.512. The Morgan fingerprint density at radius 3 is 2.42 bits per heavy atom. The van der Waals surface area contributed by atoms with E-state index in [9.17, 15) is 4.39 Å². The van der Waals surface area contributed by atoms with Gasteiger partial charge >= 0.3 is 0 Å². The van der Waals surface area contributed by atoms with E-state index in [-0.39, 0.29) is 10.7 Å². The Morgan fingerprint density at radius 1 is 1.08 bits per heavy atom. The molecule has 5 heteroatoms. The van der Waals surface area contributed by atoms with Crippen LogP contribution in [0.3, 0.4) is 0 Å². The molecule has 60 valence electrons. The molecular formula is C7H3ClFN3. The van der Waals surface area contributed by atoms with Crippen molar-refractivity contribution in [3.05, 3.63) is 29.6 Å². The molecule has 0 spiro atoms. The first-order valence-electron chi connectivity index (χ1n) is 3.20. The standard InChI is InChI=1S/C7H3ClFN3/c8-7-6-5(4(9)3-12-7)10-1-2-11-6/h1-3H. The van der Waals surface area contributed by atoms with Gasteiger partial charge in [-0.05, 0) is 0 Å². The number of pyridine rings is 1. The van der Waals surface area contributed by atoms with Crippen molar-refractivity contribution in [2.24, 2.45) is 0 Å². The highest BCUT2D eigenvalue weighted by Crippen LogP contribution is 2.18. The van der Waals surface area contributed by atoms with Crippen LogP contribution < -0.4 is 0 Å². The molecule has 0 bridgehead atoms. The lowest BCUT2D eigenvalue weighted by atomic mass is 10.4. The van der Waals surface area contributed by atoms with Crippen molar-refractivity contribution < 1.29 is 4.39 Å². The second kappa shape index (κ2) is 2.64. The summed E-state index contributed by atoms with van der Waals surface area (Å²) in [7, 11) is 0. The first-order chi connectivity index (χ1) is 5.79. The highest BCUT2D eigenvalue weighted by Gasteiger charge is 2.06. The quantitative estimate of drug-likeness (QED) is 0.585. The van der Waals surface area contributed by atoms with Crippen molar-refractivity contribution in [2.75, 3.05) is 0 Å². The maximum atomic E-state index is 12.9. The fraction of sp³-hybridized carbons (Fsp3) is 0. The van der Waals surface area contributed by atoms with Crippen LogP contribution in [-0.4, -0.2) is 15.0 Å². The lowest BCUT2D eigenvalue weighted by Crippen LogP contribution is -1.89. The topological polar surface area (TPSA) is 38.7 Å². The predicted octanol–water partition coefficient (Wildman–Crippen LogP) is 1.82. The maximum Gasteiger partial charge on any atom is 0.169 e. The van der Waals surface area contributed by atoms with Gasteiger partial charge in [0, 0.05) is 12.4 Å². The molecule has 0 N–H and O–H groups in total. The zero-order chi connectivity index (χ0) is 8.55. The minimum Gasteiger partial charge on any atom is -0.250 e. The maximum absolute atomic E-state index is 12.9. The van der Waals surface area contributed by atoms with Crippen molar-refractivity contribution >= 4 is 22.6 Å². The van der Waals surface area contributed by atoms with Crippen LogP contribution in [0.15, 0.2) is 18.6 Å². The van der Waals surface area contributed by atoms with Crippen LogP contribution >= 0.6 is 11.6 Å². The van der Waals surface area contributed by atoms with E-state index in [1.165, 1.54) is 12.4 Å². The zero-order valence-electron chi connectivity index (χ0n) is 5.83. The average molecular weight is 184 g/mol. The number of fused-ring (bicyclic) bond motifs is 1. The van der Waals surface area contributed by atoms with Gasteiger partial charge in [0.2, 0.25) is 0 Å². The van der Waals surface area contributed by atoms with Crippen LogP contribution in [0.5, 0.6) is 0 Å². The van der Waals surface area contributed by atoms with Gasteiger partial charge < -0.3 is 0 Å². The van der Waals surface area contributed by atoms with Crippen LogP contribution in [0.25, 0.3) is 11.0 Å². The monoisotopic (exact) mass is 183 g/mol. The van der Waals surface area contributed by atoms with E-state index in [0.29, 0.717) is 5.52 Å². The zero-order valence-corrected chi connectivity index (χ0v) is 6.59. The molecule has 0 aromatic carbocycles. The second-order valence-electron chi connectivity index (χ2n) is 2.15. The van der Waals surface area contributed by atoms with E-state index in [0.717, 1.165) is 6.20 Å². The molecule has 0 amide bonds. The average Bonchev–Trinajstić information content (AvgIpc) is 2.12. The third kappa shape index (κ3) is 1.00.